The molecule has 0 spiro atoms. The Morgan fingerprint density at radius 2 is 2.38 bits per heavy atom. The fourth-order valence-corrected chi connectivity index (χ4v) is 2.68. The van der Waals surface area contributed by atoms with Gasteiger partial charge in [-0.1, -0.05) is 11.6 Å². The Balaban J connectivity index is 2.09. The second-order valence-electron chi connectivity index (χ2n) is 4.50. The molecule has 0 aliphatic carbocycles. The van der Waals surface area contributed by atoms with Crippen molar-refractivity contribution in [1.29, 1.82) is 0 Å². The molecule has 2 aromatic rings. The van der Waals surface area contributed by atoms with Crippen LogP contribution in [-0.2, 0) is 6.42 Å². The summed E-state index contributed by atoms with van der Waals surface area (Å²) in [6.07, 6.45) is 1.70. The van der Waals surface area contributed by atoms with Gasteiger partial charge in [-0.15, -0.1) is 0 Å². The smallest absolute Gasteiger partial charge is 0.288 e. The number of nitro groups is 1. The Morgan fingerprint density at radius 3 is 3.00 bits per heavy atom. The fourth-order valence-electron chi connectivity index (χ4n) is 1.81. The highest BCUT2D eigenvalue weighted by Crippen LogP contribution is 2.19. The van der Waals surface area contributed by atoms with Gasteiger partial charge >= 0.3 is 0 Å². The van der Waals surface area contributed by atoms with Gasteiger partial charge < -0.3 is 5.32 Å². The number of rotatable bonds is 5. The average molecular weight is 326 g/mol. The third-order valence-corrected chi connectivity index (χ3v) is 3.81. The number of hydrogen-bond donors (Lipinski definition) is 1. The molecule has 0 bridgehead atoms. The van der Waals surface area contributed by atoms with Gasteiger partial charge in [0.1, 0.15) is 11.3 Å². The fraction of sp³-hybridized carbons (Fsp3) is 0.231. The number of thiophene rings is 1. The van der Waals surface area contributed by atoms with E-state index in [0.29, 0.717) is 6.42 Å². The van der Waals surface area contributed by atoms with Crippen LogP contribution in [0.25, 0.3) is 0 Å². The number of carbonyl (C=O) groups is 1. The van der Waals surface area contributed by atoms with Crippen LogP contribution in [0.3, 0.4) is 0 Å². The maximum atomic E-state index is 12.1. The average Bonchev–Trinajstić information content (AvgIpc) is 2.91. The van der Waals surface area contributed by atoms with E-state index in [1.165, 1.54) is 0 Å². The van der Waals surface area contributed by atoms with Crippen molar-refractivity contribution in [3.63, 3.8) is 0 Å². The van der Waals surface area contributed by atoms with Crippen LogP contribution in [0.2, 0.25) is 5.15 Å². The molecule has 21 heavy (non-hydrogen) atoms. The van der Waals surface area contributed by atoms with Gasteiger partial charge in [0.25, 0.3) is 11.6 Å². The molecule has 1 atom stereocenters. The second kappa shape index (κ2) is 6.64. The van der Waals surface area contributed by atoms with Crippen molar-refractivity contribution in [2.75, 3.05) is 0 Å². The van der Waals surface area contributed by atoms with E-state index in [4.69, 9.17) is 11.6 Å². The number of nitrogens with one attached hydrogen (secondary N) is 1. The molecule has 0 aliphatic rings. The Bertz CT molecular complexity index is 661. The molecule has 2 aromatic heterocycles. The van der Waals surface area contributed by atoms with Crippen molar-refractivity contribution >= 4 is 34.5 Å². The SMILES string of the molecule is CC(Cc1ccsc1)NC(=O)c1cc([N+](=O)[O-])cnc1Cl. The predicted molar refractivity (Wildman–Crippen MR) is 80.9 cm³/mol. The first kappa shape index (κ1) is 15.4. The zero-order chi connectivity index (χ0) is 15.4. The summed E-state index contributed by atoms with van der Waals surface area (Å²) >= 11 is 7.41. The van der Waals surface area contributed by atoms with Crippen molar-refractivity contribution in [3.05, 3.63) is 55.5 Å². The molecular weight excluding hydrogens is 314 g/mol. The molecule has 0 saturated heterocycles. The molecule has 0 saturated carbocycles. The number of amides is 1. The van der Waals surface area contributed by atoms with Gasteiger partial charge in [0.2, 0.25) is 0 Å². The van der Waals surface area contributed by atoms with E-state index in [9.17, 15) is 14.9 Å². The summed E-state index contributed by atoms with van der Waals surface area (Å²) in [5.74, 6) is -0.473. The Labute approximate surface area is 129 Å². The lowest BCUT2D eigenvalue weighted by atomic mass is 10.1. The highest BCUT2D eigenvalue weighted by molar-refractivity contribution is 7.07. The zero-order valence-electron chi connectivity index (χ0n) is 11.1. The van der Waals surface area contributed by atoms with E-state index in [2.05, 4.69) is 10.3 Å². The van der Waals surface area contributed by atoms with Crippen LogP contribution >= 0.6 is 22.9 Å². The largest absolute Gasteiger partial charge is 0.349 e. The van der Waals surface area contributed by atoms with Crippen LogP contribution in [0.4, 0.5) is 5.69 Å². The summed E-state index contributed by atoms with van der Waals surface area (Å²) < 4.78 is 0. The van der Waals surface area contributed by atoms with Crippen LogP contribution in [0, 0.1) is 10.1 Å². The number of nitrogens with zero attached hydrogens (tertiary/aromatic N) is 2. The van der Waals surface area contributed by atoms with E-state index in [-0.39, 0.29) is 22.4 Å². The van der Waals surface area contributed by atoms with Crippen LogP contribution in [0.5, 0.6) is 0 Å². The topological polar surface area (TPSA) is 85.1 Å². The van der Waals surface area contributed by atoms with Gasteiger partial charge in [0, 0.05) is 12.1 Å². The van der Waals surface area contributed by atoms with E-state index in [0.717, 1.165) is 17.8 Å². The van der Waals surface area contributed by atoms with Gasteiger partial charge in [-0.05, 0) is 35.7 Å². The standard InChI is InChI=1S/C13H12ClN3O3S/c1-8(4-9-2-3-21-7-9)16-13(18)11-5-10(17(19)20)6-15-12(11)14/h2-3,5-8H,4H2,1H3,(H,16,18). The highest BCUT2D eigenvalue weighted by Gasteiger charge is 2.18. The molecule has 110 valence electrons. The van der Waals surface area contributed by atoms with Crippen molar-refractivity contribution in [1.82, 2.24) is 10.3 Å². The number of pyridine rings is 1. The van der Waals surface area contributed by atoms with Crippen molar-refractivity contribution in [2.24, 2.45) is 0 Å². The Morgan fingerprint density at radius 1 is 1.62 bits per heavy atom. The molecule has 0 aromatic carbocycles. The van der Waals surface area contributed by atoms with Crippen molar-refractivity contribution in [3.8, 4) is 0 Å². The first-order valence-corrected chi connectivity index (χ1v) is 7.41. The van der Waals surface area contributed by atoms with Gasteiger partial charge in [0.15, 0.2) is 0 Å². The Hall–Kier alpha value is -1.99. The Kier molecular flexibility index (Phi) is 4.87. The lowest BCUT2D eigenvalue weighted by Gasteiger charge is -2.13. The van der Waals surface area contributed by atoms with E-state index >= 15 is 0 Å². The summed E-state index contributed by atoms with van der Waals surface area (Å²) in [5.41, 5.74) is 0.856. The van der Waals surface area contributed by atoms with Crippen LogP contribution < -0.4 is 5.32 Å². The minimum Gasteiger partial charge on any atom is -0.349 e. The normalized spacial score (nSPS) is 11.9. The number of aromatic nitrogens is 1. The summed E-state index contributed by atoms with van der Waals surface area (Å²) in [7, 11) is 0. The summed E-state index contributed by atoms with van der Waals surface area (Å²) in [6.45, 7) is 1.86. The molecule has 0 aliphatic heterocycles. The minimum atomic E-state index is -0.616. The first-order valence-electron chi connectivity index (χ1n) is 6.09. The maximum Gasteiger partial charge on any atom is 0.288 e. The van der Waals surface area contributed by atoms with Gasteiger partial charge in [-0.25, -0.2) is 4.98 Å². The number of halogens is 1. The van der Waals surface area contributed by atoms with Gasteiger partial charge in [-0.3, -0.25) is 14.9 Å². The maximum absolute atomic E-state index is 12.1. The van der Waals surface area contributed by atoms with E-state index in [1.807, 2.05) is 23.8 Å². The molecule has 1 amide bonds. The third-order valence-electron chi connectivity index (χ3n) is 2.78. The quantitative estimate of drug-likeness (QED) is 0.520. The number of carbonyl (C=O) groups excluding carboxylic acids is 1. The third kappa shape index (κ3) is 3.99. The lowest BCUT2D eigenvalue weighted by Crippen LogP contribution is -2.34. The van der Waals surface area contributed by atoms with Crippen LogP contribution in [0.1, 0.15) is 22.8 Å². The van der Waals surface area contributed by atoms with Crippen molar-refractivity contribution < 1.29 is 9.72 Å². The second-order valence-corrected chi connectivity index (χ2v) is 5.64. The van der Waals surface area contributed by atoms with E-state index in [1.54, 1.807) is 11.3 Å². The lowest BCUT2D eigenvalue weighted by molar-refractivity contribution is -0.385. The molecule has 8 heteroatoms. The number of hydrogen-bond acceptors (Lipinski definition) is 5. The molecule has 2 heterocycles. The predicted octanol–water partition coefficient (Wildman–Crippen LogP) is 3.07. The first-order chi connectivity index (χ1) is 9.97. The molecule has 1 N–H and O–H groups in total. The molecule has 6 nitrogen and oxygen atoms in total. The molecular formula is C13H12ClN3O3S. The highest BCUT2D eigenvalue weighted by atomic mass is 35.5. The van der Waals surface area contributed by atoms with E-state index < -0.39 is 10.8 Å². The summed E-state index contributed by atoms with van der Waals surface area (Å²) in [6, 6.07) is 2.99. The molecule has 0 fully saturated rings. The van der Waals surface area contributed by atoms with Crippen molar-refractivity contribution in [2.45, 2.75) is 19.4 Å². The summed E-state index contributed by atoms with van der Waals surface area (Å²) in [4.78, 5) is 25.9. The summed E-state index contributed by atoms with van der Waals surface area (Å²) in [5, 5.41) is 17.4. The zero-order valence-corrected chi connectivity index (χ0v) is 12.6. The van der Waals surface area contributed by atoms with Crippen LogP contribution in [-0.4, -0.2) is 21.9 Å². The monoisotopic (exact) mass is 325 g/mol. The minimum absolute atomic E-state index is 0.00281. The molecule has 2 rings (SSSR count). The van der Waals surface area contributed by atoms with Gasteiger partial charge in [0.05, 0.1) is 10.5 Å². The van der Waals surface area contributed by atoms with Crippen LogP contribution in [0.15, 0.2) is 29.1 Å². The van der Waals surface area contributed by atoms with Gasteiger partial charge in [-0.2, -0.15) is 11.3 Å². The molecule has 0 radical (unpaired) electrons. The molecule has 1 unspecified atom stereocenters.